The molecule has 0 bridgehead atoms. The van der Waals surface area contributed by atoms with Crippen LogP contribution in [0.4, 0.5) is 0 Å². The number of aliphatic hydroxyl groups excluding tert-OH is 1. The minimum Gasteiger partial charge on any atom is -0.386 e. The molecular weight excluding hydrogens is 240 g/mol. The van der Waals surface area contributed by atoms with Crippen LogP contribution in [-0.4, -0.2) is 24.9 Å². The highest BCUT2D eigenvalue weighted by Crippen LogP contribution is 2.22. The van der Waals surface area contributed by atoms with Crippen molar-refractivity contribution in [2.24, 2.45) is 7.05 Å². The van der Waals surface area contributed by atoms with Gasteiger partial charge >= 0.3 is 0 Å². The molecule has 0 radical (unpaired) electrons. The molecule has 0 saturated heterocycles. The fourth-order valence-corrected chi connectivity index (χ4v) is 2.23. The second-order valence-electron chi connectivity index (χ2n) is 4.44. The first-order valence-electron chi connectivity index (χ1n) is 6.10. The van der Waals surface area contributed by atoms with Gasteiger partial charge in [0.25, 0.3) is 0 Å². The van der Waals surface area contributed by atoms with Crippen LogP contribution < -0.4 is 0 Å². The number of fused-ring (bicyclic) bond motifs is 1. The zero-order valence-corrected chi connectivity index (χ0v) is 10.6. The van der Waals surface area contributed by atoms with E-state index in [9.17, 15) is 5.11 Å². The van der Waals surface area contributed by atoms with Crippen molar-refractivity contribution in [2.75, 3.05) is 0 Å². The van der Waals surface area contributed by atoms with Gasteiger partial charge in [0.2, 0.25) is 0 Å². The van der Waals surface area contributed by atoms with Gasteiger partial charge < -0.3 is 5.11 Å². The van der Waals surface area contributed by atoms with E-state index in [1.54, 1.807) is 12.3 Å². The lowest BCUT2D eigenvalue weighted by molar-refractivity contribution is 0.172. The van der Waals surface area contributed by atoms with Gasteiger partial charge in [0.15, 0.2) is 0 Å². The van der Waals surface area contributed by atoms with E-state index in [1.165, 1.54) is 6.33 Å². The molecule has 2 aromatic heterocycles. The monoisotopic (exact) mass is 254 g/mol. The molecule has 5 heteroatoms. The number of benzene rings is 1. The average Bonchev–Trinajstić information content (AvgIpc) is 2.77. The molecule has 5 nitrogen and oxygen atoms in total. The van der Waals surface area contributed by atoms with Crippen LogP contribution >= 0.6 is 0 Å². The van der Waals surface area contributed by atoms with Gasteiger partial charge in [0, 0.05) is 25.1 Å². The van der Waals surface area contributed by atoms with E-state index < -0.39 is 6.10 Å². The molecule has 1 N–H and O–H groups in total. The molecule has 2 heterocycles. The van der Waals surface area contributed by atoms with Gasteiger partial charge in [-0.05, 0) is 12.1 Å². The van der Waals surface area contributed by atoms with E-state index in [0.717, 1.165) is 16.6 Å². The molecule has 1 unspecified atom stereocenters. The summed E-state index contributed by atoms with van der Waals surface area (Å²) in [7, 11) is 1.91. The quantitative estimate of drug-likeness (QED) is 0.771. The molecule has 96 valence electrons. The number of hydrogen-bond donors (Lipinski definition) is 1. The smallest absolute Gasteiger partial charge is 0.115 e. The number of para-hydroxylation sites is 1. The molecule has 0 saturated carbocycles. The normalized spacial score (nSPS) is 12.7. The van der Waals surface area contributed by atoms with Crippen molar-refractivity contribution in [2.45, 2.75) is 12.5 Å². The average molecular weight is 254 g/mol. The van der Waals surface area contributed by atoms with Crippen molar-refractivity contribution in [1.29, 1.82) is 0 Å². The van der Waals surface area contributed by atoms with Crippen molar-refractivity contribution in [3.05, 3.63) is 54.2 Å². The van der Waals surface area contributed by atoms with Gasteiger partial charge in [-0.2, -0.15) is 5.10 Å². The van der Waals surface area contributed by atoms with Crippen LogP contribution in [0.5, 0.6) is 0 Å². The van der Waals surface area contributed by atoms with Crippen LogP contribution in [0.1, 0.15) is 17.5 Å². The molecule has 3 rings (SSSR count). The number of hydrogen-bond acceptors (Lipinski definition) is 4. The molecule has 19 heavy (non-hydrogen) atoms. The second kappa shape index (κ2) is 4.78. The molecule has 0 aliphatic carbocycles. The van der Waals surface area contributed by atoms with Gasteiger partial charge in [-0.15, -0.1) is 0 Å². The summed E-state index contributed by atoms with van der Waals surface area (Å²) in [6.07, 6.45) is 2.84. The van der Waals surface area contributed by atoms with Gasteiger partial charge in [0.05, 0.1) is 16.9 Å². The maximum Gasteiger partial charge on any atom is 0.115 e. The van der Waals surface area contributed by atoms with E-state index >= 15 is 0 Å². The summed E-state index contributed by atoms with van der Waals surface area (Å²) in [5.74, 6) is 0. The lowest BCUT2D eigenvalue weighted by Crippen LogP contribution is -2.05. The summed E-state index contributed by atoms with van der Waals surface area (Å²) in [4.78, 5) is 7.91. The Morgan fingerprint density at radius 1 is 1.26 bits per heavy atom. The van der Waals surface area contributed by atoms with Crippen LogP contribution in [0.3, 0.4) is 0 Å². The Balaban J connectivity index is 1.94. The van der Waals surface area contributed by atoms with Crippen LogP contribution in [0.2, 0.25) is 0 Å². The van der Waals surface area contributed by atoms with Gasteiger partial charge in [0.1, 0.15) is 12.4 Å². The summed E-state index contributed by atoms with van der Waals surface area (Å²) in [5, 5.41) is 15.7. The molecule has 0 fully saturated rings. The van der Waals surface area contributed by atoms with E-state index in [-0.39, 0.29) is 0 Å². The first kappa shape index (κ1) is 11.8. The summed E-state index contributed by atoms with van der Waals surface area (Å²) in [6, 6.07) is 9.71. The Hall–Kier alpha value is -2.27. The summed E-state index contributed by atoms with van der Waals surface area (Å²) >= 11 is 0. The topological polar surface area (TPSA) is 63.8 Å². The molecule has 0 spiro atoms. The van der Waals surface area contributed by atoms with Gasteiger partial charge in [-0.1, -0.05) is 18.2 Å². The third-order valence-corrected chi connectivity index (χ3v) is 3.17. The number of rotatable bonds is 3. The maximum atomic E-state index is 10.2. The Kier molecular flexibility index (Phi) is 2.97. The van der Waals surface area contributed by atoms with Crippen molar-refractivity contribution < 1.29 is 5.11 Å². The molecule has 0 aliphatic rings. The highest BCUT2D eigenvalue weighted by Gasteiger charge is 2.15. The van der Waals surface area contributed by atoms with E-state index in [2.05, 4.69) is 15.1 Å². The third-order valence-electron chi connectivity index (χ3n) is 3.17. The number of aliphatic hydroxyl groups is 1. The Labute approximate surface area is 110 Å². The van der Waals surface area contributed by atoms with E-state index in [4.69, 9.17) is 0 Å². The predicted octanol–water partition coefficient (Wildman–Crippen LogP) is 1.64. The van der Waals surface area contributed by atoms with Crippen molar-refractivity contribution >= 4 is 10.9 Å². The Morgan fingerprint density at radius 3 is 2.89 bits per heavy atom. The van der Waals surface area contributed by atoms with Crippen LogP contribution in [-0.2, 0) is 13.5 Å². The van der Waals surface area contributed by atoms with Crippen LogP contribution in [0, 0.1) is 0 Å². The molecule has 0 aliphatic heterocycles. The summed E-state index contributed by atoms with van der Waals surface area (Å²) in [6.45, 7) is 0. The lowest BCUT2D eigenvalue weighted by atomic mass is 10.1. The third kappa shape index (κ3) is 2.20. The van der Waals surface area contributed by atoms with E-state index in [1.807, 2.05) is 36.0 Å². The zero-order chi connectivity index (χ0) is 13.2. The van der Waals surface area contributed by atoms with E-state index in [0.29, 0.717) is 12.1 Å². The minimum absolute atomic E-state index is 0.443. The second-order valence-corrected chi connectivity index (χ2v) is 4.44. The van der Waals surface area contributed by atoms with Crippen LogP contribution in [0.15, 0.2) is 42.9 Å². The first-order valence-corrected chi connectivity index (χ1v) is 6.10. The standard InChI is InChI=1S/C14H14N4O/c1-18-13-5-3-2-4-10(13)12(17-18)8-14(19)11-6-7-15-9-16-11/h2-7,9,14,19H,8H2,1H3. The predicted molar refractivity (Wildman–Crippen MR) is 71.4 cm³/mol. The Morgan fingerprint density at radius 2 is 2.11 bits per heavy atom. The number of aromatic nitrogens is 4. The first-order chi connectivity index (χ1) is 9.25. The minimum atomic E-state index is -0.665. The number of aryl methyl sites for hydroxylation is 1. The SMILES string of the molecule is Cn1nc(CC(O)c2ccncn2)c2ccccc21. The Bertz CT molecular complexity index is 693. The highest BCUT2D eigenvalue weighted by atomic mass is 16.3. The molecule has 1 atom stereocenters. The van der Waals surface area contributed by atoms with Gasteiger partial charge in [-0.25, -0.2) is 9.97 Å². The lowest BCUT2D eigenvalue weighted by Gasteiger charge is -2.07. The fourth-order valence-electron chi connectivity index (χ4n) is 2.23. The summed E-state index contributed by atoms with van der Waals surface area (Å²) in [5.41, 5.74) is 2.56. The van der Waals surface area contributed by atoms with Gasteiger partial charge in [-0.3, -0.25) is 4.68 Å². The maximum absolute atomic E-state index is 10.2. The fraction of sp³-hybridized carbons (Fsp3) is 0.214. The molecule has 0 amide bonds. The van der Waals surface area contributed by atoms with Crippen molar-refractivity contribution in [1.82, 2.24) is 19.7 Å². The zero-order valence-electron chi connectivity index (χ0n) is 10.6. The number of nitrogens with zero attached hydrogens (tertiary/aromatic N) is 4. The van der Waals surface area contributed by atoms with Crippen molar-refractivity contribution in [3.63, 3.8) is 0 Å². The molecule has 1 aromatic carbocycles. The van der Waals surface area contributed by atoms with Crippen LogP contribution in [0.25, 0.3) is 10.9 Å². The largest absolute Gasteiger partial charge is 0.386 e. The van der Waals surface area contributed by atoms with Crippen molar-refractivity contribution in [3.8, 4) is 0 Å². The highest BCUT2D eigenvalue weighted by molar-refractivity contribution is 5.81. The molecular formula is C14H14N4O. The summed E-state index contributed by atoms with van der Waals surface area (Å²) < 4.78 is 1.83. The molecule has 3 aromatic rings.